The molecule has 0 spiro atoms. The predicted molar refractivity (Wildman–Crippen MR) is 83.5 cm³/mol. The predicted octanol–water partition coefficient (Wildman–Crippen LogP) is 4.58. The molecule has 0 saturated heterocycles. The molecule has 2 saturated carbocycles. The second-order valence-corrected chi connectivity index (χ2v) is 7.83. The molecule has 0 bridgehead atoms. The van der Waals surface area contributed by atoms with E-state index in [1.807, 2.05) is 23.0 Å². The van der Waals surface area contributed by atoms with Gasteiger partial charge in [-0.3, -0.25) is 0 Å². The van der Waals surface area contributed by atoms with Gasteiger partial charge in [0.15, 0.2) is 0 Å². The first-order valence-corrected chi connectivity index (χ1v) is 9.45. The molecule has 2 aliphatic rings. The summed E-state index contributed by atoms with van der Waals surface area (Å²) in [5.41, 5.74) is 3.52. The number of hydrogen-bond donors (Lipinski definition) is 0. The van der Waals surface area contributed by atoms with Crippen molar-refractivity contribution in [2.24, 2.45) is 0 Å². The summed E-state index contributed by atoms with van der Waals surface area (Å²) in [7, 11) is 0. The van der Waals surface area contributed by atoms with Crippen molar-refractivity contribution in [3.8, 4) is 0 Å². The van der Waals surface area contributed by atoms with Gasteiger partial charge in [0.25, 0.3) is 0 Å². The Bertz CT molecular complexity index is 412. The van der Waals surface area contributed by atoms with Crippen molar-refractivity contribution in [2.75, 3.05) is 0 Å². The van der Waals surface area contributed by atoms with Gasteiger partial charge >= 0.3 is 132 Å². The van der Waals surface area contributed by atoms with Crippen molar-refractivity contribution in [1.29, 1.82) is 0 Å². The maximum atomic E-state index is 2.46. The molecule has 3 rings (SSSR count). The normalized spacial score (nSPS) is 22.6. The molecule has 0 N–H and O–H groups in total. The summed E-state index contributed by atoms with van der Waals surface area (Å²) in [6.07, 6.45) is 14.5. The summed E-state index contributed by atoms with van der Waals surface area (Å²) in [5, 5.41) is 0. The minimum absolute atomic E-state index is 0.874. The van der Waals surface area contributed by atoms with Gasteiger partial charge in [0.1, 0.15) is 0 Å². The molecular weight excluding hydrogens is 338 g/mol. The van der Waals surface area contributed by atoms with Crippen molar-refractivity contribution in [1.82, 2.24) is 0 Å². The van der Waals surface area contributed by atoms with Gasteiger partial charge in [-0.15, -0.1) is 0 Å². The van der Waals surface area contributed by atoms with E-state index in [4.69, 9.17) is 0 Å². The Morgan fingerprint density at radius 2 is 1.32 bits per heavy atom. The zero-order valence-corrected chi connectivity index (χ0v) is 14.5. The first-order chi connectivity index (χ1) is 9.36. The van der Waals surface area contributed by atoms with Crippen LogP contribution in [0.5, 0.6) is 0 Å². The monoisotopic (exact) mass is 362 g/mol. The molecule has 0 aliphatic heterocycles. The van der Waals surface area contributed by atoms with Gasteiger partial charge in [-0.1, -0.05) is 0 Å². The van der Waals surface area contributed by atoms with Gasteiger partial charge < -0.3 is 0 Å². The van der Waals surface area contributed by atoms with E-state index in [-0.39, 0.29) is 0 Å². The summed E-state index contributed by atoms with van der Waals surface area (Å²) < 4.78 is 1.61. The molecule has 1 aromatic rings. The van der Waals surface area contributed by atoms with Crippen molar-refractivity contribution in [3.05, 3.63) is 29.3 Å². The van der Waals surface area contributed by atoms with Crippen LogP contribution < -0.4 is 3.51 Å². The molecule has 0 unspecified atom stereocenters. The van der Waals surface area contributed by atoms with Crippen molar-refractivity contribution >= 4 is 26.5 Å². The summed E-state index contributed by atoms with van der Waals surface area (Å²) in [6, 6.07) is 7.13. The van der Waals surface area contributed by atoms with Gasteiger partial charge in [0, 0.05) is 0 Å². The van der Waals surface area contributed by atoms with Crippen LogP contribution in [0.25, 0.3) is 0 Å². The fourth-order valence-corrected chi connectivity index (χ4v) is 5.31. The Hall–Kier alpha value is 0.0382. The van der Waals surface area contributed by atoms with Gasteiger partial charge in [0.2, 0.25) is 0 Å². The van der Waals surface area contributed by atoms with E-state index in [0.29, 0.717) is 0 Å². The van der Waals surface area contributed by atoms with Crippen LogP contribution in [-0.4, -0.2) is 23.0 Å². The van der Waals surface area contributed by atoms with Gasteiger partial charge in [0.05, 0.1) is 0 Å². The first-order valence-electron chi connectivity index (χ1n) is 8.18. The van der Waals surface area contributed by atoms with E-state index in [0.717, 1.165) is 11.8 Å². The number of benzene rings is 1. The van der Waals surface area contributed by atoms with E-state index in [1.54, 1.807) is 14.6 Å². The Balaban J connectivity index is 1.91. The van der Waals surface area contributed by atoms with Crippen molar-refractivity contribution in [2.45, 2.75) is 76.0 Å². The molecule has 0 aromatic heterocycles. The van der Waals surface area contributed by atoms with E-state index in [1.165, 1.54) is 64.2 Å². The van der Waals surface area contributed by atoms with Crippen LogP contribution >= 0.6 is 0 Å². The first kappa shape index (κ1) is 14.0. The topological polar surface area (TPSA) is 0 Å². The van der Waals surface area contributed by atoms with Crippen LogP contribution in [0.15, 0.2) is 18.2 Å². The third-order valence-corrected chi connectivity index (χ3v) is 6.29. The van der Waals surface area contributed by atoms with E-state index in [9.17, 15) is 0 Å². The SMILES string of the molecule is [Sb][c]1cccc(C2CCCCC2)c1C1CCCCC1. The summed E-state index contributed by atoms with van der Waals surface area (Å²) in [6.45, 7) is 0. The van der Waals surface area contributed by atoms with Crippen LogP contribution in [-0.2, 0) is 0 Å². The average molecular weight is 363 g/mol. The van der Waals surface area contributed by atoms with Gasteiger partial charge in [-0.25, -0.2) is 0 Å². The Kier molecular flexibility index (Phi) is 4.91. The molecule has 0 amide bonds. The summed E-state index contributed by atoms with van der Waals surface area (Å²) in [5.74, 6) is 1.75. The molecular formula is C18H25Sb. The molecule has 0 heterocycles. The fraction of sp³-hybridized carbons (Fsp3) is 0.667. The van der Waals surface area contributed by atoms with Crippen molar-refractivity contribution < 1.29 is 0 Å². The third-order valence-electron chi connectivity index (χ3n) is 5.18. The third kappa shape index (κ3) is 3.21. The zero-order valence-electron chi connectivity index (χ0n) is 11.9. The Morgan fingerprint density at radius 3 is 1.95 bits per heavy atom. The van der Waals surface area contributed by atoms with Crippen LogP contribution in [0, 0.1) is 0 Å². The summed E-state index contributed by atoms with van der Waals surface area (Å²) in [4.78, 5) is 0. The molecule has 102 valence electrons. The van der Waals surface area contributed by atoms with E-state index in [2.05, 4.69) is 18.2 Å². The van der Waals surface area contributed by atoms with Gasteiger partial charge in [-0.05, 0) is 0 Å². The van der Waals surface area contributed by atoms with Crippen molar-refractivity contribution in [3.63, 3.8) is 0 Å². The van der Waals surface area contributed by atoms with Crippen LogP contribution in [0.4, 0.5) is 0 Å². The maximum absolute atomic E-state index is 2.46. The van der Waals surface area contributed by atoms with E-state index >= 15 is 0 Å². The Labute approximate surface area is 131 Å². The molecule has 0 nitrogen and oxygen atoms in total. The van der Waals surface area contributed by atoms with Crippen LogP contribution in [0.1, 0.15) is 87.2 Å². The molecule has 19 heavy (non-hydrogen) atoms. The quantitative estimate of drug-likeness (QED) is 0.675. The molecule has 1 heteroatoms. The second-order valence-electron chi connectivity index (χ2n) is 6.45. The standard InChI is InChI=1S/C18H25.Sb/c1-3-9-15(10-4-1)17-13-7-8-14-18(17)16-11-5-2-6-12-16;/h7-8,13,15-16H,1-6,9-12H2;. The zero-order chi connectivity index (χ0) is 13.1. The average Bonchev–Trinajstić information content (AvgIpc) is 2.49. The van der Waals surface area contributed by atoms with Gasteiger partial charge in [-0.2, -0.15) is 0 Å². The van der Waals surface area contributed by atoms with Crippen LogP contribution in [0.2, 0.25) is 0 Å². The molecule has 2 fully saturated rings. The number of rotatable bonds is 2. The molecule has 2 radical (unpaired) electrons. The molecule has 0 atom stereocenters. The molecule has 2 aliphatic carbocycles. The second kappa shape index (κ2) is 6.66. The van der Waals surface area contributed by atoms with E-state index < -0.39 is 0 Å². The number of hydrogen-bond acceptors (Lipinski definition) is 0. The Morgan fingerprint density at radius 1 is 0.737 bits per heavy atom. The fourth-order valence-electron chi connectivity index (χ4n) is 4.18. The minimum atomic E-state index is 0.874. The summed E-state index contributed by atoms with van der Waals surface area (Å²) >= 11 is 1.94. The van der Waals surface area contributed by atoms with Crippen LogP contribution in [0.3, 0.4) is 0 Å². The molecule has 1 aromatic carbocycles.